The lowest BCUT2D eigenvalue weighted by atomic mass is 9.98. The van der Waals surface area contributed by atoms with Crippen molar-refractivity contribution < 1.29 is 14.3 Å². The Bertz CT molecular complexity index is 535. The zero-order chi connectivity index (χ0) is 14.9. The quantitative estimate of drug-likeness (QED) is 0.762. The van der Waals surface area contributed by atoms with Gasteiger partial charge in [-0.15, -0.1) is 0 Å². The minimum absolute atomic E-state index is 0.0446. The standard InChI is InChI=1S/C15H20N4O3/c20-14(18-4-6-21-7-5-18)12-8-11-9-19(10-13(12)22-11)15-16-2-1-3-17-15/h1-3,11-13H,4-10H2/t11-,12+,13-/m0/s1. The van der Waals surface area contributed by atoms with Gasteiger partial charge in [-0.1, -0.05) is 0 Å². The molecule has 3 fully saturated rings. The first-order chi connectivity index (χ1) is 10.8. The minimum Gasteiger partial charge on any atom is -0.378 e. The number of morpholine rings is 2. The number of fused-ring (bicyclic) bond motifs is 2. The van der Waals surface area contributed by atoms with E-state index < -0.39 is 0 Å². The van der Waals surface area contributed by atoms with Crippen LogP contribution in [0.25, 0.3) is 0 Å². The third kappa shape index (κ3) is 2.55. The summed E-state index contributed by atoms with van der Waals surface area (Å²) in [6.45, 7) is 4.10. The normalized spacial score (nSPS) is 31.4. The van der Waals surface area contributed by atoms with Crippen molar-refractivity contribution in [3.63, 3.8) is 0 Å². The Kier molecular flexibility index (Phi) is 3.67. The summed E-state index contributed by atoms with van der Waals surface area (Å²) in [6, 6.07) is 1.81. The van der Waals surface area contributed by atoms with Gasteiger partial charge in [-0.2, -0.15) is 0 Å². The van der Waals surface area contributed by atoms with Crippen molar-refractivity contribution in [3.05, 3.63) is 18.5 Å². The highest BCUT2D eigenvalue weighted by Crippen LogP contribution is 2.34. The molecule has 0 aliphatic carbocycles. The van der Waals surface area contributed by atoms with Crippen LogP contribution >= 0.6 is 0 Å². The van der Waals surface area contributed by atoms with E-state index in [0.717, 1.165) is 18.9 Å². The number of aromatic nitrogens is 2. The number of rotatable bonds is 2. The van der Waals surface area contributed by atoms with E-state index in [1.54, 1.807) is 12.4 Å². The molecular formula is C15H20N4O3. The van der Waals surface area contributed by atoms with Gasteiger partial charge in [0, 0.05) is 38.6 Å². The van der Waals surface area contributed by atoms with E-state index in [2.05, 4.69) is 14.9 Å². The first kappa shape index (κ1) is 13.9. The van der Waals surface area contributed by atoms with Gasteiger partial charge >= 0.3 is 0 Å². The van der Waals surface area contributed by atoms with Crippen molar-refractivity contribution in [2.45, 2.75) is 18.6 Å². The molecule has 118 valence electrons. The number of carbonyl (C=O) groups is 1. The van der Waals surface area contributed by atoms with Gasteiger partial charge in [0.1, 0.15) is 0 Å². The number of carbonyl (C=O) groups excluding carboxylic acids is 1. The van der Waals surface area contributed by atoms with Crippen LogP contribution < -0.4 is 4.90 Å². The molecule has 4 heterocycles. The second-order valence-corrected chi connectivity index (χ2v) is 6.03. The van der Waals surface area contributed by atoms with Crippen LogP contribution in [0, 0.1) is 5.92 Å². The van der Waals surface area contributed by atoms with Gasteiger partial charge < -0.3 is 19.3 Å². The Labute approximate surface area is 129 Å². The summed E-state index contributed by atoms with van der Waals surface area (Å²) >= 11 is 0. The predicted molar refractivity (Wildman–Crippen MR) is 78.4 cm³/mol. The van der Waals surface area contributed by atoms with Crippen molar-refractivity contribution in [1.29, 1.82) is 0 Å². The molecular weight excluding hydrogens is 284 g/mol. The fraction of sp³-hybridized carbons (Fsp3) is 0.667. The second kappa shape index (κ2) is 5.81. The SMILES string of the molecule is O=C([C@@H]1C[C@H]2CN(c3ncccn3)C[C@@H]1O2)N1CCOCC1. The fourth-order valence-corrected chi connectivity index (χ4v) is 3.55. The highest BCUT2D eigenvalue weighted by molar-refractivity contribution is 5.80. The van der Waals surface area contributed by atoms with E-state index in [4.69, 9.17) is 9.47 Å². The molecule has 3 saturated heterocycles. The van der Waals surface area contributed by atoms with E-state index in [9.17, 15) is 4.79 Å². The summed E-state index contributed by atoms with van der Waals surface area (Å²) < 4.78 is 11.3. The molecule has 22 heavy (non-hydrogen) atoms. The van der Waals surface area contributed by atoms with Crippen LogP contribution in [0.1, 0.15) is 6.42 Å². The second-order valence-electron chi connectivity index (χ2n) is 6.03. The first-order valence-corrected chi connectivity index (χ1v) is 7.85. The molecule has 2 bridgehead atoms. The van der Waals surface area contributed by atoms with Crippen molar-refractivity contribution in [1.82, 2.24) is 14.9 Å². The first-order valence-electron chi connectivity index (χ1n) is 7.85. The molecule has 0 unspecified atom stereocenters. The molecule has 1 aromatic rings. The van der Waals surface area contributed by atoms with Gasteiger partial charge in [0.05, 0.1) is 31.3 Å². The Morgan fingerprint density at radius 2 is 1.95 bits per heavy atom. The van der Waals surface area contributed by atoms with E-state index >= 15 is 0 Å². The van der Waals surface area contributed by atoms with Gasteiger partial charge in [0.2, 0.25) is 11.9 Å². The van der Waals surface area contributed by atoms with E-state index in [0.29, 0.717) is 32.8 Å². The molecule has 0 aromatic carbocycles. The van der Waals surface area contributed by atoms with E-state index in [1.165, 1.54) is 0 Å². The van der Waals surface area contributed by atoms with Gasteiger partial charge in [-0.3, -0.25) is 4.79 Å². The Morgan fingerprint density at radius 1 is 1.18 bits per heavy atom. The molecule has 0 saturated carbocycles. The van der Waals surface area contributed by atoms with Crippen LogP contribution in [0.5, 0.6) is 0 Å². The largest absolute Gasteiger partial charge is 0.378 e. The lowest BCUT2D eigenvalue weighted by molar-refractivity contribution is -0.141. The topological polar surface area (TPSA) is 67.8 Å². The Hall–Kier alpha value is -1.73. The van der Waals surface area contributed by atoms with Crippen LogP contribution in [0.4, 0.5) is 5.95 Å². The Morgan fingerprint density at radius 3 is 2.73 bits per heavy atom. The number of hydrogen-bond acceptors (Lipinski definition) is 6. The van der Waals surface area contributed by atoms with Crippen molar-refractivity contribution in [2.24, 2.45) is 5.92 Å². The molecule has 4 rings (SSSR count). The van der Waals surface area contributed by atoms with Gasteiger partial charge in [-0.05, 0) is 12.5 Å². The number of nitrogens with zero attached hydrogens (tertiary/aromatic N) is 4. The van der Waals surface area contributed by atoms with Crippen LogP contribution in [0.3, 0.4) is 0 Å². The van der Waals surface area contributed by atoms with Crippen molar-refractivity contribution in [3.8, 4) is 0 Å². The zero-order valence-electron chi connectivity index (χ0n) is 12.4. The van der Waals surface area contributed by atoms with Crippen LogP contribution in [-0.4, -0.2) is 72.4 Å². The maximum Gasteiger partial charge on any atom is 0.228 e. The summed E-state index contributed by atoms with van der Waals surface area (Å²) in [5, 5.41) is 0. The smallest absolute Gasteiger partial charge is 0.228 e. The molecule has 1 aromatic heterocycles. The molecule has 0 spiro atoms. The maximum absolute atomic E-state index is 12.7. The summed E-state index contributed by atoms with van der Waals surface area (Å²) in [5.41, 5.74) is 0. The van der Waals surface area contributed by atoms with Crippen LogP contribution in [-0.2, 0) is 14.3 Å². The minimum atomic E-state index is -0.0575. The summed E-state index contributed by atoms with van der Waals surface area (Å²) in [4.78, 5) is 25.4. The molecule has 7 heteroatoms. The lowest BCUT2D eigenvalue weighted by Gasteiger charge is -2.34. The molecule has 0 radical (unpaired) electrons. The maximum atomic E-state index is 12.7. The number of hydrogen-bond donors (Lipinski definition) is 0. The average Bonchev–Trinajstić information content (AvgIpc) is 2.89. The number of anilines is 1. The highest BCUT2D eigenvalue weighted by atomic mass is 16.5. The summed E-state index contributed by atoms with van der Waals surface area (Å²) in [7, 11) is 0. The molecule has 1 amide bonds. The lowest BCUT2D eigenvalue weighted by Crippen LogP contribution is -2.48. The third-order valence-electron chi connectivity index (χ3n) is 4.63. The van der Waals surface area contributed by atoms with Gasteiger partial charge in [0.25, 0.3) is 0 Å². The van der Waals surface area contributed by atoms with E-state index in [1.807, 2.05) is 11.0 Å². The van der Waals surface area contributed by atoms with Gasteiger partial charge in [-0.25, -0.2) is 9.97 Å². The predicted octanol–water partition coefficient (Wildman–Crippen LogP) is -0.0709. The zero-order valence-corrected chi connectivity index (χ0v) is 12.4. The van der Waals surface area contributed by atoms with Crippen LogP contribution in [0.15, 0.2) is 18.5 Å². The van der Waals surface area contributed by atoms with Crippen LogP contribution in [0.2, 0.25) is 0 Å². The Balaban J connectivity index is 1.46. The fourth-order valence-electron chi connectivity index (χ4n) is 3.55. The third-order valence-corrected chi connectivity index (χ3v) is 4.63. The van der Waals surface area contributed by atoms with E-state index in [-0.39, 0.29) is 24.0 Å². The molecule has 3 aliphatic rings. The number of ether oxygens (including phenoxy) is 2. The molecule has 7 nitrogen and oxygen atoms in total. The monoisotopic (exact) mass is 304 g/mol. The summed E-state index contributed by atoms with van der Waals surface area (Å²) in [6.07, 6.45) is 4.33. The summed E-state index contributed by atoms with van der Waals surface area (Å²) in [5.74, 6) is 0.892. The average molecular weight is 304 g/mol. The molecule has 0 N–H and O–H groups in total. The molecule has 3 atom stereocenters. The van der Waals surface area contributed by atoms with Crippen molar-refractivity contribution in [2.75, 3.05) is 44.3 Å². The molecule has 3 aliphatic heterocycles. The highest BCUT2D eigenvalue weighted by Gasteiger charge is 2.46. The number of amides is 1. The van der Waals surface area contributed by atoms with Crippen molar-refractivity contribution >= 4 is 11.9 Å². The van der Waals surface area contributed by atoms with Gasteiger partial charge in [0.15, 0.2) is 0 Å².